The molecule has 0 aliphatic carbocycles. The average Bonchev–Trinajstić information content (AvgIpc) is 2.53. The number of hydrogen-bond acceptors (Lipinski definition) is 2. The summed E-state index contributed by atoms with van der Waals surface area (Å²) in [6.07, 6.45) is 0.891. The molecular formula is C18H20FNO2. The van der Waals surface area contributed by atoms with E-state index in [4.69, 9.17) is 4.74 Å². The number of amides is 1. The number of carbonyl (C=O) groups is 1. The maximum absolute atomic E-state index is 13.1. The highest BCUT2D eigenvalue weighted by Gasteiger charge is 2.12. The molecule has 1 amide bonds. The van der Waals surface area contributed by atoms with Crippen molar-refractivity contribution in [1.82, 2.24) is 4.90 Å². The first kappa shape index (κ1) is 16.0. The molecule has 2 aromatic carbocycles. The molecule has 0 bridgehead atoms. The molecular weight excluding hydrogens is 281 g/mol. The predicted molar refractivity (Wildman–Crippen MR) is 84.2 cm³/mol. The Morgan fingerprint density at radius 1 is 1.18 bits per heavy atom. The second kappa shape index (κ2) is 7.59. The van der Waals surface area contributed by atoms with E-state index in [2.05, 4.69) is 0 Å². The number of aryl methyl sites for hydroxylation is 1. The summed E-state index contributed by atoms with van der Waals surface area (Å²) in [4.78, 5) is 13.9. The van der Waals surface area contributed by atoms with Gasteiger partial charge in [-0.2, -0.15) is 0 Å². The van der Waals surface area contributed by atoms with Gasteiger partial charge in [-0.1, -0.05) is 30.3 Å². The molecule has 3 nitrogen and oxygen atoms in total. The Hall–Kier alpha value is -2.36. The van der Waals surface area contributed by atoms with Crippen LogP contribution in [0.4, 0.5) is 4.39 Å². The van der Waals surface area contributed by atoms with Crippen LogP contribution in [0.15, 0.2) is 48.5 Å². The van der Waals surface area contributed by atoms with Crippen molar-refractivity contribution in [2.75, 3.05) is 14.2 Å². The van der Waals surface area contributed by atoms with Gasteiger partial charge in [0.05, 0.1) is 7.11 Å². The topological polar surface area (TPSA) is 29.5 Å². The highest BCUT2D eigenvalue weighted by atomic mass is 19.1. The third-order valence-electron chi connectivity index (χ3n) is 3.54. The van der Waals surface area contributed by atoms with Crippen molar-refractivity contribution in [3.63, 3.8) is 0 Å². The third kappa shape index (κ3) is 4.32. The Morgan fingerprint density at radius 2 is 1.95 bits per heavy atom. The second-order valence-corrected chi connectivity index (χ2v) is 5.19. The van der Waals surface area contributed by atoms with Crippen molar-refractivity contribution >= 4 is 5.91 Å². The maximum Gasteiger partial charge on any atom is 0.222 e. The zero-order valence-electron chi connectivity index (χ0n) is 12.9. The molecule has 2 rings (SSSR count). The number of para-hydroxylation sites is 1. The lowest BCUT2D eigenvalue weighted by Crippen LogP contribution is -2.26. The van der Waals surface area contributed by atoms with Crippen molar-refractivity contribution in [3.05, 3.63) is 65.5 Å². The van der Waals surface area contributed by atoms with E-state index in [9.17, 15) is 9.18 Å². The van der Waals surface area contributed by atoms with E-state index in [1.54, 1.807) is 25.1 Å². The van der Waals surface area contributed by atoms with Crippen LogP contribution >= 0.6 is 0 Å². The molecule has 116 valence electrons. The minimum atomic E-state index is -0.271. The molecule has 0 radical (unpaired) electrons. The van der Waals surface area contributed by atoms with Crippen LogP contribution in [0.1, 0.15) is 17.5 Å². The molecule has 0 heterocycles. The molecule has 0 saturated heterocycles. The SMILES string of the molecule is COc1ccccc1CN(C)C(=O)CCc1cccc(F)c1. The monoisotopic (exact) mass is 301 g/mol. The van der Waals surface area contributed by atoms with Crippen LogP contribution in [0.25, 0.3) is 0 Å². The fourth-order valence-electron chi connectivity index (χ4n) is 2.31. The summed E-state index contributed by atoms with van der Waals surface area (Å²) in [7, 11) is 3.38. The zero-order valence-corrected chi connectivity index (χ0v) is 12.9. The van der Waals surface area contributed by atoms with Gasteiger partial charge in [0, 0.05) is 25.6 Å². The van der Waals surface area contributed by atoms with E-state index in [-0.39, 0.29) is 11.7 Å². The molecule has 0 N–H and O–H groups in total. The van der Waals surface area contributed by atoms with Crippen LogP contribution in [0.2, 0.25) is 0 Å². The summed E-state index contributed by atoms with van der Waals surface area (Å²) in [5.41, 5.74) is 1.80. The van der Waals surface area contributed by atoms with Gasteiger partial charge in [-0.15, -0.1) is 0 Å². The number of hydrogen-bond donors (Lipinski definition) is 0. The van der Waals surface area contributed by atoms with E-state index in [1.165, 1.54) is 12.1 Å². The fraction of sp³-hybridized carbons (Fsp3) is 0.278. The highest BCUT2D eigenvalue weighted by Crippen LogP contribution is 2.19. The van der Waals surface area contributed by atoms with Gasteiger partial charge < -0.3 is 9.64 Å². The molecule has 0 saturated carbocycles. The molecule has 0 aliphatic rings. The van der Waals surface area contributed by atoms with Gasteiger partial charge in [0.15, 0.2) is 0 Å². The molecule has 0 spiro atoms. The number of carbonyl (C=O) groups excluding carboxylic acids is 1. The van der Waals surface area contributed by atoms with Crippen LogP contribution in [-0.4, -0.2) is 25.0 Å². The Bertz CT molecular complexity index is 642. The smallest absolute Gasteiger partial charge is 0.222 e. The van der Waals surface area contributed by atoms with Gasteiger partial charge in [-0.3, -0.25) is 4.79 Å². The number of halogens is 1. The molecule has 0 aromatic heterocycles. The van der Waals surface area contributed by atoms with Crippen molar-refractivity contribution in [2.45, 2.75) is 19.4 Å². The van der Waals surface area contributed by atoms with Gasteiger partial charge in [0.2, 0.25) is 5.91 Å². The normalized spacial score (nSPS) is 10.3. The summed E-state index contributed by atoms with van der Waals surface area (Å²) < 4.78 is 18.4. The Morgan fingerprint density at radius 3 is 2.68 bits per heavy atom. The Labute approximate surface area is 130 Å². The summed E-state index contributed by atoms with van der Waals surface area (Å²) >= 11 is 0. The van der Waals surface area contributed by atoms with Crippen LogP contribution in [0.3, 0.4) is 0 Å². The van der Waals surface area contributed by atoms with Crippen LogP contribution in [-0.2, 0) is 17.8 Å². The number of methoxy groups -OCH3 is 1. The standard InChI is InChI=1S/C18H20FNO2/c1-20(13-15-7-3-4-9-17(15)22-2)18(21)11-10-14-6-5-8-16(19)12-14/h3-9,12H,10-11,13H2,1-2H3. The quantitative estimate of drug-likeness (QED) is 0.818. The molecule has 0 aliphatic heterocycles. The highest BCUT2D eigenvalue weighted by molar-refractivity contribution is 5.76. The van der Waals surface area contributed by atoms with Gasteiger partial charge in [-0.25, -0.2) is 4.39 Å². The van der Waals surface area contributed by atoms with Crippen LogP contribution in [0.5, 0.6) is 5.75 Å². The number of ether oxygens (including phenoxy) is 1. The lowest BCUT2D eigenvalue weighted by atomic mass is 10.1. The molecule has 4 heteroatoms. The number of benzene rings is 2. The van der Waals surface area contributed by atoms with Gasteiger partial charge >= 0.3 is 0 Å². The lowest BCUT2D eigenvalue weighted by molar-refractivity contribution is -0.130. The van der Waals surface area contributed by atoms with E-state index in [0.717, 1.165) is 16.9 Å². The van der Waals surface area contributed by atoms with Crippen molar-refractivity contribution in [1.29, 1.82) is 0 Å². The number of nitrogens with zero attached hydrogens (tertiary/aromatic N) is 1. The van der Waals surface area contributed by atoms with Crippen LogP contribution < -0.4 is 4.74 Å². The largest absolute Gasteiger partial charge is 0.496 e. The van der Waals surface area contributed by atoms with Gasteiger partial charge in [0.25, 0.3) is 0 Å². The molecule has 22 heavy (non-hydrogen) atoms. The second-order valence-electron chi connectivity index (χ2n) is 5.19. The summed E-state index contributed by atoms with van der Waals surface area (Å²) in [5.74, 6) is 0.523. The predicted octanol–water partition coefficient (Wildman–Crippen LogP) is 3.43. The third-order valence-corrected chi connectivity index (χ3v) is 3.54. The van der Waals surface area contributed by atoms with E-state index in [1.807, 2.05) is 30.3 Å². The van der Waals surface area contributed by atoms with E-state index >= 15 is 0 Å². The van der Waals surface area contributed by atoms with Gasteiger partial charge in [-0.05, 0) is 30.2 Å². The summed E-state index contributed by atoms with van der Waals surface area (Å²) in [6.45, 7) is 0.492. The molecule has 0 atom stereocenters. The maximum atomic E-state index is 13.1. The zero-order chi connectivity index (χ0) is 15.9. The lowest BCUT2D eigenvalue weighted by Gasteiger charge is -2.19. The summed E-state index contributed by atoms with van der Waals surface area (Å²) in [6, 6.07) is 14.0. The van der Waals surface area contributed by atoms with E-state index in [0.29, 0.717) is 19.4 Å². The first-order valence-electron chi connectivity index (χ1n) is 7.20. The first-order chi connectivity index (χ1) is 10.6. The fourth-order valence-corrected chi connectivity index (χ4v) is 2.31. The number of rotatable bonds is 6. The van der Waals surface area contributed by atoms with Crippen molar-refractivity contribution < 1.29 is 13.9 Å². The molecule has 0 fully saturated rings. The minimum Gasteiger partial charge on any atom is -0.496 e. The van der Waals surface area contributed by atoms with E-state index < -0.39 is 0 Å². The van der Waals surface area contributed by atoms with Crippen LogP contribution in [0, 0.1) is 5.82 Å². The average molecular weight is 301 g/mol. The molecule has 0 unspecified atom stereocenters. The molecule has 2 aromatic rings. The summed E-state index contributed by atoms with van der Waals surface area (Å²) in [5, 5.41) is 0. The van der Waals surface area contributed by atoms with Crippen molar-refractivity contribution in [2.24, 2.45) is 0 Å². The van der Waals surface area contributed by atoms with Gasteiger partial charge in [0.1, 0.15) is 11.6 Å². The minimum absolute atomic E-state index is 0.0233. The Kier molecular flexibility index (Phi) is 5.53. The van der Waals surface area contributed by atoms with Crippen molar-refractivity contribution in [3.8, 4) is 5.75 Å². The first-order valence-corrected chi connectivity index (χ1v) is 7.20. The Balaban J connectivity index is 1.92.